The Morgan fingerprint density at radius 3 is 2.18 bits per heavy atom. The molecule has 0 aliphatic carbocycles. The zero-order valence-electron chi connectivity index (χ0n) is 15.1. The van der Waals surface area contributed by atoms with Crippen molar-refractivity contribution in [2.45, 2.75) is 13.0 Å². The number of anilines is 1. The van der Waals surface area contributed by atoms with Gasteiger partial charge in [0.1, 0.15) is 0 Å². The summed E-state index contributed by atoms with van der Waals surface area (Å²) < 4.78 is 30.1. The van der Waals surface area contributed by atoms with Crippen LogP contribution in [0.3, 0.4) is 0 Å². The van der Waals surface area contributed by atoms with Crippen LogP contribution in [-0.2, 0) is 19.6 Å². The first-order valence-corrected chi connectivity index (χ1v) is 9.99. The molecule has 0 heterocycles. The third kappa shape index (κ3) is 6.09. The van der Waals surface area contributed by atoms with Crippen molar-refractivity contribution in [2.24, 2.45) is 0 Å². The highest BCUT2D eigenvalue weighted by atomic mass is 32.2. The van der Waals surface area contributed by atoms with Gasteiger partial charge < -0.3 is 4.74 Å². The lowest BCUT2D eigenvalue weighted by Crippen LogP contribution is -2.46. The van der Waals surface area contributed by atoms with Crippen LogP contribution < -0.4 is 15.6 Å². The van der Waals surface area contributed by atoms with Crippen molar-refractivity contribution in [2.75, 3.05) is 11.0 Å². The molecule has 10 heteroatoms. The topological polar surface area (TPSA) is 131 Å². The first-order chi connectivity index (χ1) is 13.2. The number of carbonyl (C=O) groups excluding carboxylic acids is 3. The van der Waals surface area contributed by atoms with Crippen LogP contribution in [0.15, 0.2) is 54.6 Å². The summed E-state index contributed by atoms with van der Waals surface area (Å²) in [5, 5.41) is 0. The zero-order chi connectivity index (χ0) is 20.7. The fraction of sp³-hybridized carbons (Fsp3) is 0.167. The van der Waals surface area contributed by atoms with Crippen molar-refractivity contribution < 1.29 is 27.5 Å². The lowest BCUT2D eigenvalue weighted by atomic mass is 10.2. The molecule has 0 spiro atoms. The van der Waals surface area contributed by atoms with Gasteiger partial charge in [0.05, 0.1) is 17.5 Å². The van der Waals surface area contributed by atoms with Crippen molar-refractivity contribution in [3.63, 3.8) is 0 Å². The molecule has 0 unspecified atom stereocenters. The average molecular weight is 405 g/mol. The number of carbonyl (C=O) groups is 3. The first kappa shape index (κ1) is 20.9. The van der Waals surface area contributed by atoms with Crippen LogP contribution in [0.25, 0.3) is 0 Å². The van der Waals surface area contributed by atoms with E-state index in [1.807, 2.05) is 0 Å². The molecule has 2 aromatic carbocycles. The molecular weight excluding hydrogens is 386 g/mol. The molecule has 0 aliphatic rings. The van der Waals surface area contributed by atoms with Crippen LogP contribution in [0.5, 0.6) is 0 Å². The van der Waals surface area contributed by atoms with Crippen molar-refractivity contribution in [3.8, 4) is 0 Å². The fourth-order valence-electron chi connectivity index (χ4n) is 2.11. The molecular formula is C18H19N3O6S. The number of hydrazine groups is 1. The molecule has 9 nitrogen and oxygen atoms in total. The molecule has 0 radical (unpaired) electrons. The predicted molar refractivity (Wildman–Crippen MR) is 102 cm³/mol. The Hall–Kier alpha value is -3.40. The van der Waals surface area contributed by atoms with Crippen LogP contribution in [0, 0.1) is 0 Å². The second-order valence-corrected chi connectivity index (χ2v) is 7.53. The quantitative estimate of drug-likeness (QED) is 0.487. The van der Waals surface area contributed by atoms with Crippen molar-refractivity contribution in [1.82, 2.24) is 10.9 Å². The van der Waals surface area contributed by atoms with Crippen LogP contribution in [-0.4, -0.2) is 38.6 Å². The summed E-state index contributed by atoms with van der Waals surface area (Å²) in [5.74, 6) is -2.19. The third-order valence-corrected chi connectivity index (χ3v) is 4.02. The number of ether oxygens (including phenoxy) is 1. The number of hydrogen-bond donors (Lipinski definition) is 3. The van der Waals surface area contributed by atoms with Crippen molar-refractivity contribution in [3.05, 3.63) is 65.7 Å². The normalized spacial score (nSPS) is 11.8. The van der Waals surface area contributed by atoms with Gasteiger partial charge in [0.2, 0.25) is 10.0 Å². The van der Waals surface area contributed by atoms with E-state index in [2.05, 4.69) is 15.6 Å². The highest BCUT2D eigenvalue weighted by molar-refractivity contribution is 7.92. The van der Waals surface area contributed by atoms with Crippen LogP contribution in [0.4, 0.5) is 5.69 Å². The summed E-state index contributed by atoms with van der Waals surface area (Å²) >= 11 is 0. The van der Waals surface area contributed by atoms with E-state index < -0.39 is 33.9 Å². The summed E-state index contributed by atoms with van der Waals surface area (Å²) in [6.07, 6.45) is -0.296. The summed E-state index contributed by atoms with van der Waals surface area (Å²) in [6, 6.07) is 14.0. The van der Waals surface area contributed by atoms with Gasteiger partial charge in [-0.05, 0) is 31.2 Å². The number of benzene rings is 2. The van der Waals surface area contributed by atoms with Gasteiger partial charge >= 0.3 is 5.97 Å². The molecule has 2 rings (SSSR count). The van der Waals surface area contributed by atoms with Crippen molar-refractivity contribution >= 4 is 33.5 Å². The molecule has 0 saturated carbocycles. The van der Waals surface area contributed by atoms with Gasteiger partial charge in [-0.2, -0.15) is 0 Å². The van der Waals surface area contributed by atoms with Gasteiger partial charge in [-0.15, -0.1) is 0 Å². The number of esters is 1. The van der Waals surface area contributed by atoms with E-state index >= 15 is 0 Å². The van der Waals surface area contributed by atoms with Gasteiger partial charge in [0, 0.05) is 5.56 Å². The largest absolute Gasteiger partial charge is 0.449 e. The Balaban J connectivity index is 1.97. The highest BCUT2D eigenvalue weighted by Gasteiger charge is 2.22. The zero-order valence-corrected chi connectivity index (χ0v) is 15.9. The number of para-hydroxylation sites is 1. The van der Waals surface area contributed by atoms with Crippen LogP contribution in [0.2, 0.25) is 0 Å². The molecule has 2 amide bonds. The van der Waals surface area contributed by atoms with Gasteiger partial charge in [-0.3, -0.25) is 25.2 Å². The van der Waals surface area contributed by atoms with E-state index in [0.29, 0.717) is 5.56 Å². The predicted octanol–water partition coefficient (Wildman–Crippen LogP) is 1.06. The minimum atomic E-state index is -3.61. The Labute approximate surface area is 162 Å². The first-order valence-electron chi connectivity index (χ1n) is 8.10. The molecule has 0 saturated heterocycles. The minimum absolute atomic E-state index is 0.0278. The third-order valence-electron chi connectivity index (χ3n) is 3.43. The Morgan fingerprint density at radius 1 is 0.929 bits per heavy atom. The maximum absolute atomic E-state index is 12.3. The number of sulfonamides is 1. The van der Waals surface area contributed by atoms with Gasteiger partial charge in [0.25, 0.3) is 11.8 Å². The number of hydrogen-bond acceptors (Lipinski definition) is 6. The molecule has 3 N–H and O–H groups in total. The van der Waals surface area contributed by atoms with Gasteiger partial charge in [0.15, 0.2) is 6.10 Å². The Bertz CT molecular complexity index is 976. The summed E-state index contributed by atoms with van der Waals surface area (Å²) in [6.45, 7) is 1.31. The second kappa shape index (κ2) is 9.00. The monoisotopic (exact) mass is 405 g/mol. The Kier molecular flexibility index (Phi) is 6.72. The highest BCUT2D eigenvalue weighted by Crippen LogP contribution is 2.18. The van der Waals surface area contributed by atoms with E-state index in [4.69, 9.17) is 4.74 Å². The number of rotatable bonds is 6. The lowest BCUT2D eigenvalue weighted by molar-refractivity contribution is -0.129. The van der Waals surface area contributed by atoms with E-state index in [1.54, 1.807) is 36.4 Å². The van der Waals surface area contributed by atoms with E-state index in [-0.39, 0.29) is 11.3 Å². The van der Waals surface area contributed by atoms with E-state index in [9.17, 15) is 22.8 Å². The van der Waals surface area contributed by atoms with Crippen molar-refractivity contribution in [1.29, 1.82) is 0 Å². The maximum atomic E-state index is 12.3. The molecule has 1 atom stereocenters. The number of nitrogens with one attached hydrogen (secondary N) is 3. The van der Waals surface area contributed by atoms with E-state index in [1.165, 1.54) is 25.1 Å². The lowest BCUT2D eigenvalue weighted by Gasteiger charge is -2.15. The fourth-order valence-corrected chi connectivity index (χ4v) is 2.69. The molecule has 148 valence electrons. The SMILES string of the molecule is C[C@@H](OC(=O)c1ccccc1NS(C)(=O)=O)C(=O)NNC(=O)c1ccccc1. The molecule has 0 aliphatic heterocycles. The molecule has 28 heavy (non-hydrogen) atoms. The van der Waals surface area contributed by atoms with Crippen LogP contribution in [0.1, 0.15) is 27.6 Å². The molecule has 0 fully saturated rings. The van der Waals surface area contributed by atoms with Crippen LogP contribution >= 0.6 is 0 Å². The molecule has 0 bridgehead atoms. The average Bonchev–Trinajstić information content (AvgIpc) is 2.65. The smallest absolute Gasteiger partial charge is 0.341 e. The summed E-state index contributed by atoms with van der Waals surface area (Å²) in [4.78, 5) is 36.2. The maximum Gasteiger partial charge on any atom is 0.341 e. The summed E-state index contributed by atoms with van der Waals surface area (Å²) in [7, 11) is -3.61. The van der Waals surface area contributed by atoms with Gasteiger partial charge in [-0.25, -0.2) is 13.2 Å². The number of amides is 2. The molecule has 2 aromatic rings. The van der Waals surface area contributed by atoms with Gasteiger partial charge in [-0.1, -0.05) is 30.3 Å². The second-order valence-electron chi connectivity index (χ2n) is 5.78. The minimum Gasteiger partial charge on any atom is -0.449 e. The standard InChI is InChI=1S/C18H19N3O6S/c1-12(16(22)19-20-17(23)13-8-4-3-5-9-13)27-18(24)14-10-6-7-11-15(14)21-28(2,25)26/h3-12,21H,1-2H3,(H,19,22)(H,20,23)/t12-/m1/s1. The Morgan fingerprint density at radius 2 is 1.54 bits per heavy atom. The summed E-state index contributed by atoms with van der Waals surface area (Å²) in [5.41, 5.74) is 4.69. The van der Waals surface area contributed by atoms with E-state index in [0.717, 1.165) is 6.26 Å². The molecule has 0 aromatic heterocycles.